The second kappa shape index (κ2) is 13.5. The molecule has 0 aliphatic heterocycles. The van der Waals surface area contributed by atoms with Gasteiger partial charge in [0.05, 0.1) is 10.6 Å². The summed E-state index contributed by atoms with van der Waals surface area (Å²) in [7, 11) is -6.40. The Bertz CT molecular complexity index is 1300. The van der Waals surface area contributed by atoms with Crippen molar-refractivity contribution in [3.05, 3.63) is 120 Å². The van der Waals surface area contributed by atoms with Crippen molar-refractivity contribution in [1.29, 1.82) is 0 Å². The molecule has 0 amide bonds. The van der Waals surface area contributed by atoms with Gasteiger partial charge in [-0.15, -0.1) is 11.8 Å². The van der Waals surface area contributed by atoms with Crippen molar-refractivity contribution in [3.8, 4) is 0 Å². The Balaban J connectivity index is 0.000000202. The van der Waals surface area contributed by atoms with Crippen LogP contribution in [0.4, 0.5) is 0 Å². The second-order valence-electron chi connectivity index (χ2n) is 7.90. The predicted octanol–water partition coefficient (Wildman–Crippen LogP) is 2.00. The van der Waals surface area contributed by atoms with Gasteiger partial charge in [-0.3, -0.25) is 0 Å². The van der Waals surface area contributed by atoms with Crippen molar-refractivity contribution in [1.82, 2.24) is 0 Å². The van der Waals surface area contributed by atoms with E-state index in [0.717, 1.165) is 10.6 Å². The molecule has 4 aromatic carbocycles. The molecule has 0 unspecified atom stereocenters. The minimum Gasteiger partial charge on any atom is -0.423 e. The molecule has 0 aliphatic rings. The van der Waals surface area contributed by atoms with Crippen LogP contribution in [0.25, 0.3) is 0 Å². The average molecular weight is 520 g/mol. The number of benzene rings is 4. The quantitative estimate of drug-likeness (QED) is 0.208. The number of sulfone groups is 1. The summed E-state index contributed by atoms with van der Waals surface area (Å²) in [6, 6.07) is 32.0. The Hall–Kier alpha value is -2.85. The first-order chi connectivity index (χ1) is 17.2. The first kappa shape index (κ1) is 27.7. The van der Waals surface area contributed by atoms with Crippen molar-refractivity contribution in [2.24, 2.45) is 0 Å². The molecule has 0 saturated heterocycles. The molecule has 184 valence electrons. The summed E-state index contributed by atoms with van der Waals surface area (Å²) in [6.45, 7) is 0. The molecule has 0 aliphatic carbocycles. The van der Waals surface area contributed by atoms with Crippen LogP contribution < -0.4 is 10.9 Å². The highest BCUT2D eigenvalue weighted by atomic mass is 32.2. The molecule has 4 N–H and O–H groups in total. The number of thioether (sulfide) groups is 1. The molecule has 0 bridgehead atoms. The highest BCUT2D eigenvalue weighted by Gasteiger charge is 2.17. The van der Waals surface area contributed by atoms with E-state index in [9.17, 15) is 8.42 Å². The lowest BCUT2D eigenvalue weighted by atomic mass is 9.81. The van der Waals surface area contributed by atoms with E-state index >= 15 is 0 Å². The molecule has 0 aromatic heterocycles. The van der Waals surface area contributed by atoms with Crippen LogP contribution in [0, 0.1) is 0 Å². The minimum atomic E-state index is -3.42. The van der Waals surface area contributed by atoms with Crippen molar-refractivity contribution >= 4 is 46.8 Å². The van der Waals surface area contributed by atoms with Crippen molar-refractivity contribution in [2.45, 2.75) is 21.3 Å². The van der Waals surface area contributed by atoms with Gasteiger partial charge in [-0.1, -0.05) is 84.9 Å². The molecular weight excluding hydrogens is 494 g/mol. The third kappa shape index (κ3) is 8.67. The lowest BCUT2D eigenvalue weighted by molar-refractivity contribution is 0.424. The predicted molar refractivity (Wildman–Crippen MR) is 146 cm³/mol. The van der Waals surface area contributed by atoms with E-state index in [2.05, 4.69) is 12.1 Å². The van der Waals surface area contributed by atoms with Gasteiger partial charge < -0.3 is 20.1 Å². The molecule has 0 radical (unpaired) electrons. The Morgan fingerprint density at radius 2 is 1.03 bits per heavy atom. The summed E-state index contributed by atoms with van der Waals surface area (Å²) in [5.41, 5.74) is 2.78. The molecule has 4 rings (SSSR count). The Labute approximate surface area is 216 Å². The first-order valence-corrected chi connectivity index (χ1v) is 13.7. The van der Waals surface area contributed by atoms with E-state index in [-0.39, 0.29) is 16.1 Å². The SMILES string of the molecule is O=S(=O)(Cc1ccccc1)c1ccc(B(O)O)cc1.OB(O)c1ccc(SCc2ccccc2)cc1. The summed E-state index contributed by atoms with van der Waals surface area (Å²) in [5.74, 6) is 0.844. The van der Waals surface area contributed by atoms with Gasteiger partial charge in [-0.25, -0.2) is 8.42 Å². The largest absolute Gasteiger partial charge is 0.488 e. The van der Waals surface area contributed by atoms with Crippen LogP contribution in [-0.4, -0.2) is 42.8 Å². The van der Waals surface area contributed by atoms with E-state index in [0.29, 0.717) is 11.0 Å². The maximum Gasteiger partial charge on any atom is 0.488 e. The molecular formula is C26H26B2O6S2. The van der Waals surface area contributed by atoms with Gasteiger partial charge in [-0.05, 0) is 46.3 Å². The molecule has 0 saturated carbocycles. The first-order valence-electron chi connectivity index (χ1n) is 11.1. The summed E-state index contributed by atoms with van der Waals surface area (Å²) >= 11 is 1.73. The van der Waals surface area contributed by atoms with Gasteiger partial charge in [0.2, 0.25) is 0 Å². The smallest absolute Gasteiger partial charge is 0.423 e. The molecule has 6 nitrogen and oxygen atoms in total. The van der Waals surface area contributed by atoms with Gasteiger partial charge >= 0.3 is 14.2 Å². The lowest BCUT2D eigenvalue weighted by Crippen LogP contribution is -2.29. The lowest BCUT2D eigenvalue weighted by Gasteiger charge is -2.06. The summed E-state index contributed by atoms with van der Waals surface area (Å²) < 4.78 is 24.3. The van der Waals surface area contributed by atoms with Crippen LogP contribution in [-0.2, 0) is 21.3 Å². The highest BCUT2D eigenvalue weighted by Crippen LogP contribution is 2.21. The third-order valence-electron chi connectivity index (χ3n) is 5.16. The van der Waals surface area contributed by atoms with E-state index in [4.69, 9.17) is 20.1 Å². The van der Waals surface area contributed by atoms with E-state index < -0.39 is 24.1 Å². The molecule has 0 fully saturated rings. The zero-order chi connectivity index (χ0) is 26.0. The fourth-order valence-corrected chi connectivity index (χ4v) is 5.40. The van der Waals surface area contributed by atoms with Crippen LogP contribution in [0.2, 0.25) is 0 Å². The van der Waals surface area contributed by atoms with Crippen molar-refractivity contribution in [2.75, 3.05) is 0 Å². The molecule has 0 heterocycles. The fraction of sp³-hybridized carbons (Fsp3) is 0.0769. The van der Waals surface area contributed by atoms with Crippen LogP contribution in [0.15, 0.2) is 119 Å². The van der Waals surface area contributed by atoms with Crippen LogP contribution >= 0.6 is 11.8 Å². The highest BCUT2D eigenvalue weighted by molar-refractivity contribution is 7.98. The van der Waals surface area contributed by atoms with Crippen LogP contribution in [0.1, 0.15) is 11.1 Å². The van der Waals surface area contributed by atoms with E-state index in [1.807, 2.05) is 36.4 Å². The minimum absolute atomic E-state index is 0.0745. The topological polar surface area (TPSA) is 115 Å². The monoisotopic (exact) mass is 520 g/mol. The molecule has 0 spiro atoms. The van der Waals surface area contributed by atoms with Gasteiger partial charge in [0.1, 0.15) is 0 Å². The number of hydrogen-bond acceptors (Lipinski definition) is 7. The maximum atomic E-state index is 12.2. The number of rotatable bonds is 8. The van der Waals surface area contributed by atoms with Crippen LogP contribution in [0.5, 0.6) is 0 Å². The second-order valence-corrected chi connectivity index (χ2v) is 10.9. The standard InChI is InChI=1S/C13H13BO4S.C13H13BO2S/c15-14(16)12-6-8-13(9-7-12)19(17,18)10-11-4-2-1-3-5-11;15-14(16)12-6-8-13(9-7-12)17-10-11-4-2-1-3-5-11/h1-9,15-16H,10H2;1-9,15-16H,10H2. The summed E-state index contributed by atoms with van der Waals surface area (Å²) in [5, 5.41) is 35.9. The fourth-order valence-electron chi connectivity index (χ4n) is 3.20. The molecule has 0 atom stereocenters. The maximum absolute atomic E-state index is 12.2. The Morgan fingerprint density at radius 1 is 0.583 bits per heavy atom. The average Bonchev–Trinajstić information content (AvgIpc) is 2.89. The Kier molecular flexibility index (Phi) is 10.4. The number of hydrogen-bond donors (Lipinski definition) is 4. The van der Waals surface area contributed by atoms with E-state index in [1.54, 1.807) is 48.2 Å². The zero-order valence-corrected chi connectivity index (χ0v) is 21.0. The van der Waals surface area contributed by atoms with Gasteiger partial charge in [0.15, 0.2) is 9.84 Å². The molecule has 36 heavy (non-hydrogen) atoms. The van der Waals surface area contributed by atoms with Gasteiger partial charge in [-0.2, -0.15) is 0 Å². The molecule has 10 heteroatoms. The normalized spacial score (nSPS) is 10.8. The zero-order valence-electron chi connectivity index (χ0n) is 19.4. The summed E-state index contributed by atoms with van der Waals surface area (Å²) in [6.07, 6.45) is 0. The third-order valence-corrected chi connectivity index (χ3v) is 7.95. The van der Waals surface area contributed by atoms with Gasteiger partial charge in [0.25, 0.3) is 0 Å². The van der Waals surface area contributed by atoms with Gasteiger partial charge in [0, 0.05) is 10.6 Å². The van der Waals surface area contributed by atoms with Crippen LogP contribution in [0.3, 0.4) is 0 Å². The molecule has 4 aromatic rings. The summed E-state index contributed by atoms with van der Waals surface area (Å²) in [4.78, 5) is 1.29. The Morgan fingerprint density at radius 3 is 1.50 bits per heavy atom. The van der Waals surface area contributed by atoms with Crippen molar-refractivity contribution in [3.63, 3.8) is 0 Å². The van der Waals surface area contributed by atoms with E-state index in [1.165, 1.54) is 29.8 Å². The van der Waals surface area contributed by atoms with Crippen molar-refractivity contribution < 1.29 is 28.5 Å².